The lowest BCUT2D eigenvalue weighted by atomic mass is 9.99. The number of hydrogen-bond donors (Lipinski definition) is 0. The van der Waals surface area contributed by atoms with Crippen molar-refractivity contribution < 1.29 is 26.9 Å². The molecule has 0 N–H and O–H groups in total. The predicted molar refractivity (Wildman–Crippen MR) is 114 cm³/mol. The monoisotopic (exact) mass is 475 g/mol. The first-order valence-corrected chi connectivity index (χ1v) is 9.88. The average Bonchev–Trinajstić information content (AvgIpc) is 3.20. The quantitative estimate of drug-likeness (QED) is 0.301. The van der Waals surface area contributed by atoms with Crippen LogP contribution in [-0.2, 0) is 11.0 Å². The van der Waals surface area contributed by atoms with Crippen LogP contribution in [-0.4, -0.2) is 16.0 Å². The molecular weight excluding hydrogens is 462 g/mol. The van der Waals surface area contributed by atoms with E-state index in [0.29, 0.717) is 23.4 Å². The van der Waals surface area contributed by atoms with Crippen molar-refractivity contribution >= 4 is 29.1 Å². The molecule has 2 heterocycles. The van der Waals surface area contributed by atoms with Gasteiger partial charge in [-0.15, -0.1) is 0 Å². The molecule has 168 valence electrons. The molecule has 0 radical (unpaired) electrons. The topological polar surface area (TPSA) is 59.2 Å². The van der Waals surface area contributed by atoms with Gasteiger partial charge in [-0.3, -0.25) is 9.78 Å². The van der Waals surface area contributed by atoms with Gasteiger partial charge in [0, 0.05) is 24.9 Å². The Balaban J connectivity index is 1.99. The van der Waals surface area contributed by atoms with Crippen LogP contribution in [0.3, 0.4) is 0 Å². The zero-order chi connectivity index (χ0) is 23.8. The predicted octanol–water partition coefficient (Wildman–Crippen LogP) is 6.90. The lowest BCUT2D eigenvalue weighted by Gasteiger charge is -2.20. The number of nitrogens with zero attached hydrogens (tertiary/aromatic N) is 3. The minimum Gasteiger partial charge on any atom is -0.337 e. The number of carbonyl (C=O) groups excluding carboxylic acids is 1. The number of hydrogen-bond acceptors (Lipinski definition) is 4. The molecule has 4 rings (SSSR count). The second-order valence-corrected chi connectivity index (χ2v) is 7.35. The minimum absolute atomic E-state index is 0.0139. The van der Waals surface area contributed by atoms with Crippen molar-refractivity contribution in [1.82, 2.24) is 10.1 Å². The van der Waals surface area contributed by atoms with E-state index in [2.05, 4.69) is 10.1 Å². The van der Waals surface area contributed by atoms with Crippen LogP contribution in [0, 0.1) is 5.82 Å². The van der Waals surface area contributed by atoms with E-state index in [1.165, 1.54) is 24.2 Å². The molecular formula is C23H14ClF4N3O2. The summed E-state index contributed by atoms with van der Waals surface area (Å²) in [5.41, 5.74) is -0.535. The molecule has 0 spiro atoms. The lowest BCUT2D eigenvalue weighted by Crippen LogP contribution is -2.23. The fraction of sp³-hybridized carbons (Fsp3) is 0.0870. The van der Waals surface area contributed by atoms with Crippen LogP contribution in [0.5, 0.6) is 0 Å². The Labute approximate surface area is 190 Å². The highest BCUT2D eigenvalue weighted by Crippen LogP contribution is 2.44. The van der Waals surface area contributed by atoms with E-state index < -0.39 is 23.5 Å². The second kappa shape index (κ2) is 8.67. The number of para-hydroxylation sites is 1. The first-order chi connectivity index (χ1) is 15.7. The smallest absolute Gasteiger partial charge is 0.337 e. The van der Waals surface area contributed by atoms with E-state index in [4.69, 9.17) is 16.1 Å². The number of rotatable bonds is 4. The van der Waals surface area contributed by atoms with E-state index in [-0.39, 0.29) is 27.7 Å². The van der Waals surface area contributed by atoms with Crippen LogP contribution in [0.2, 0.25) is 5.02 Å². The number of aromatic nitrogens is 2. The first kappa shape index (κ1) is 22.5. The Kier molecular flexibility index (Phi) is 5.90. The second-order valence-electron chi connectivity index (χ2n) is 6.95. The molecule has 0 saturated heterocycles. The molecule has 0 fully saturated rings. The van der Waals surface area contributed by atoms with Crippen LogP contribution in [0.1, 0.15) is 12.5 Å². The standard InChI is InChI=1S/C23H14ClF4N3O2/c1-13(32)31(19-5-3-2-4-17(19)24)22-20(14-8-10-29-11-9-14)21(30-33-22)15-6-7-18(25)16(12-15)23(26,27)28/h2-12H,1H3. The third-order valence-corrected chi connectivity index (χ3v) is 5.12. The Bertz CT molecular complexity index is 1320. The molecule has 4 aromatic rings. The van der Waals surface area contributed by atoms with Gasteiger partial charge in [0.15, 0.2) is 0 Å². The first-order valence-electron chi connectivity index (χ1n) is 9.51. The van der Waals surface area contributed by atoms with Crippen LogP contribution >= 0.6 is 11.6 Å². The lowest BCUT2D eigenvalue weighted by molar-refractivity contribution is -0.140. The van der Waals surface area contributed by atoms with Crippen LogP contribution < -0.4 is 4.90 Å². The molecule has 2 aromatic carbocycles. The van der Waals surface area contributed by atoms with Gasteiger partial charge in [-0.1, -0.05) is 28.9 Å². The summed E-state index contributed by atoms with van der Waals surface area (Å²) in [6.07, 6.45) is -1.98. The van der Waals surface area contributed by atoms with Gasteiger partial charge in [0.1, 0.15) is 11.5 Å². The average molecular weight is 476 g/mol. The van der Waals surface area contributed by atoms with Crippen molar-refractivity contribution in [2.24, 2.45) is 0 Å². The number of amides is 1. The van der Waals surface area contributed by atoms with E-state index in [9.17, 15) is 22.4 Å². The van der Waals surface area contributed by atoms with Crippen molar-refractivity contribution in [1.29, 1.82) is 0 Å². The summed E-state index contributed by atoms with van der Waals surface area (Å²) in [5.74, 6) is -1.95. The van der Waals surface area contributed by atoms with Crippen molar-refractivity contribution in [3.05, 3.63) is 83.4 Å². The molecule has 0 atom stereocenters. The number of pyridine rings is 1. The number of carbonyl (C=O) groups is 1. The van der Waals surface area contributed by atoms with Gasteiger partial charge in [-0.2, -0.15) is 13.2 Å². The van der Waals surface area contributed by atoms with Crippen LogP contribution in [0.15, 0.2) is 71.5 Å². The minimum atomic E-state index is -4.91. The number of halogens is 5. The van der Waals surface area contributed by atoms with Gasteiger partial charge in [0.05, 0.1) is 21.8 Å². The zero-order valence-electron chi connectivity index (χ0n) is 16.9. The van der Waals surface area contributed by atoms with Gasteiger partial charge in [0.25, 0.3) is 0 Å². The highest BCUT2D eigenvalue weighted by Gasteiger charge is 2.35. The molecule has 33 heavy (non-hydrogen) atoms. The highest BCUT2D eigenvalue weighted by atomic mass is 35.5. The van der Waals surface area contributed by atoms with Gasteiger partial charge in [-0.25, -0.2) is 9.29 Å². The van der Waals surface area contributed by atoms with E-state index >= 15 is 0 Å². The molecule has 0 aliphatic carbocycles. The molecule has 2 aromatic heterocycles. The molecule has 0 aliphatic heterocycles. The molecule has 0 aliphatic rings. The maximum atomic E-state index is 13.9. The van der Waals surface area contributed by atoms with Crippen LogP contribution in [0.4, 0.5) is 29.1 Å². The van der Waals surface area contributed by atoms with Crippen molar-refractivity contribution in [3.8, 4) is 22.4 Å². The van der Waals surface area contributed by atoms with E-state index in [1.807, 2.05) is 0 Å². The molecule has 1 amide bonds. The Hall–Kier alpha value is -3.72. The maximum absolute atomic E-state index is 13.9. The van der Waals surface area contributed by atoms with Crippen molar-refractivity contribution in [2.75, 3.05) is 4.90 Å². The molecule has 10 heteroatoms. The Morgan fingerprint density at radius 2 is 1.73 bits per heavy atom. The molecule has 0 unspecified atom stereocenters. The van der Waals surface area contributed by atoms with E-state index in [1.54, 1.807) is 36.4 Å². The van der Waals surface area contributed by atoms with Crippen LogP contribution in [0.25, 0.3) is 22.4 Å². The Morgan fingerprint density at radius 1 is 1.03 bits per heavy atom. The summed E-state index contributed by atoms with van der Waals surface area (Å²) < 4.78 is 59.3. The number of benzene rings is 2. The zero-order valence-corrected chi connectivity index (χ0v) is 17.7. The molecule has 0 saturated carbocycles. The molecule has 0 bridgehead atoms. The summed E-state index contributed by atoms with van der Waals surface area (Å²) in [7, 11) is 0. The number of anilines is 2. The fourth-order valence-electron chi connectivity index (χ4n) is 3.35. The SMILES string of the molecule is CC(=O)N(c1ccccc1Cl)c1onc(-c2ccc(F)c(C(F)(F)F)c2)c1-c1ccncc1. The number of alkyl halides is 3. The summed E-state index contributed by atoms with van der Waals surface area (Å²) in [6.45, 7) is 1.28. The van der Waals surface area contributed by atoms with E-state index in [0.717, 1.165) is 6.07 Å². The maximum Gasteiger partial charge on any atom is 0.419 e. The highest BCUT2D eigenvalue weighted by molar-refractivity contribution is 6.34. The van der Waals surface area contributed by atoms with Gasteiger partial charge < -0.3 is 4.52 Å². The van der Waals surface area contributed by atoms with Gasteiger partial charge in [0.2, 0.25) is 11.8 Å². The Morgan fingerprint density at radius 3 is 2.36 bits per heavy atom. The molecule has 5 nitrogen and oxygen atoms in total. The summed E-state index contributed by atoms with van der Waals surface area (Å²) >= 11 is 6.29. The van der Waals surface area contributed by atoms with Crippen molar-refractivity contribution in [3.63, 3.8) is 0 Å². The summed E-state index contributed by atoms with van der Waals surface area (Å²) in [6, 6.07) is 12.2. The normalized spacial score (nSPS) is 11.5. The largest absolute Gasteiger partial charge is 0.419 e. The van der Waals surface area contributed by atoms with Crippen molar-refractivity contribution in [2.45, 2.75) is 13.1 Å². The summed E-state index contributed by atoms with van der Waals surface area (Å²) in [4.78, 5) is 17.7. The van der Waals surface area contributed by atoms with Gasteiger partial charge in [-0.05, 0) is 48.0 Å². The fourth-order valence-corrected chi connectivity index (χ4v) is 3.58. The van der Waals surface area contributed by atoms with Gasteiger partial charge >= 0.3 is 6.18 Å². The summed E-state index contributed by atoms with van der Waals surface area (Å²) in [5, 5.41) is 4.19. The third-order valence-electron chi connectivity index (χ3n) is 4.80. The third kappa shape index (κ3) is 4.31.